The lowest BCUT2D eigenvalue weighted by atomic mass is 9.98. The summed E-state index contributed by atoms with van der Waals surface area (Å²) < 4.78 is 6.04. The van der Waals surface area contributed by atoms with Crippen LogP contribution >= 0.6 is 0 Å². The van der Waals surface area contributed by atoms with Crippen LogP contribution in [0.2, 0.25) is 0 Å². The second-order valence-electron chi connectivity index (χ2n) is 6.62. The molecule has 0 fully saturated rings. The van der Waals surface area contributed by atoms with Gasteiger partial charge < -0.3 is 4.74 Å². The van der Waals surface area contributed by atoms with E-state index in [0.29, 0.717) is 6.61 Å². The fourth-order valence-corrected chi connectivity index (χ4v) is 3.21. The molecule has 0 saturated carbocycles. The van der Waals surface area contributed by atoms with E-state index in [-0.39, 0.29) is 0 Å². The second-order valence-corrected chi connectivity index (χ2v) is 6.62. The van der Waals surface area contributed by atoms with Gasteiger partial charge in [0.05, 0.1) is 11.0 Å². The molecular formula is C24H21N3O. The first-order chi connectivity index (χ1) is 13.7. The molecule has 28 heavy (non-hydrogen) atoms. The molecule has 4 nitrogen and oxygen atoms in total. The zero-order valence-electron chi connectivity index (χ0n) is 16.0. The molecule has 0 amide bonds. The Balaban J connectivity index is 1.75. The Labute approximate surface area is 164 Å². The van der Waals surface area contributed by atoms with Gasteiger partial charge in [-0.1, -0.05) is 36.4 Å². The molecule has 0 spiro atoms. The van der Waals surface area contributed by atoms with Crippen LogP contribution < -0.4 is 4.74 Å². The fourth-order valence-electron chi connectivity index (χ4n) is 3.21. The van der Waals surface area contributed by atoms with Crippen LogP contribution in [-0.4, -0.2) is 15.0 Å². The molecule has 0 aliphatic heterocycles. The number of allylic oxidation sites excluding steroid dienone is 1. The standard InChI is InChI=1S/C24H21N3O/c1-3-5-19-7-8-20(12-17(19)2)22-13-21(14-23-24(22)27-11-10-26-23)28-16-18-6-4-9-25-15-18/h3-15H,16H2,1-2H3/b5-3-. The average molecular weight is 367 g/mol. The molecule has 2 heterocycles. The first-order valence-electron chi connectivity index (χ1n) is 9.25. The molecule has 2 aromatic heterocycles. The van der Waals surface area contributed by atoms with Crippen molar-refractivity contribution in [2.24, 2.45) is 0 Å². The van der Waals surface area contributed by atoms with Crippen molar-refractivity contribution >= 4 is 17.1 Å². The number of aryl methyl sites for hydroxylation is 1. The van der Waals surface area contributed by atoms with Crippen molar-refractivity contribution in [2.45, 2.75) is 20.5 Å². The van der Waals surface area contributed by atoms with E-state index in [2.05, 4.69) is 52.2 Å². The van der Waals surface area contributed by atoms with Gasteiger partial charge in [-0.15, -0.1) is 0 Å². The quantitative estimate of drug-likeness (QED) is 0.460. The number of hydrogen-bond acceptors (Lipinski definition) is 4. The molecule has 138 valence electrons. The highest BCUT2D eigenvalue weighted by molar-refractivity contribution is 5.93. The van der Waals surface area contributed by atoms with Crippen molar-refractivity contribution in [2.75, 3.05) is 0 Å². The minimum absolute atomic E-state index is 0.457. The lowest BCUT2D eigenvalue weighted by Crippen LogP contribution is -1.97. The van der Waals surface area contributed by atoms with Crippen molar-refractivity contribution in [3.05, 3.63) is 90.0 Å². The van der Waals surface area contributed by atoms with Crippen LogP contribution in [0.4, 0.5) is 0 Å². The van der Waals surface area contributed by atoms with Crippen molar-refractivity contribution < 1.29 is 4.74 Å². The van der Waals surface area contributed by atoms with Gasteiger partial charge in [-0.05, 0) is 42.7 Å². The first kappa shape index (κ1) is 17.9. The third kappa shape index (κ3) is 3.76. The van der Waals surface area contributed by atoms with Gasteiger partial charge in [0.1, 0.15) is 12.4 Å². The number of nitrogens with zero attached hydrogens (tertiary/aromatic N) is 3. The van der Waals surface area contributed by atoms with Gasteiger partial charge in [-0.3, -0.25) is 15.0 Å². The molecule has 0 atom stereocenters. The molecule has 4 heteroatoms. The number of fused-ring (bicyclic) bond motifs is 1. The minimum atomic E-state index is 0.457. The molecule has 4 rings (SSSR count). The van der Waals surface area contributed by atoms with Crippen molar-refractivity contribution in [3.8, 4) is 16.9 Å². The summed E-state index contributed by atoms with van der Waals surface area (Å²) in [7, 11) is 0. The lowest BCUT2D eigenvalue weighted by Gasteiger charge is -2.12. The minimum Gasteiger partial charge on any atom is -0.489 e. The molecule has 0 N–H and O–H groups in total. The van der Waals surface area contributed by atoms with Gasteiger partial charge in [0.25, 0.3) is 0 Å². The number of rotatable bonds is 5. The van der Waals surface area contributed by atoms with Crippen molar-refractivity contribution in [1.29, 1.82) is 0 Å². The SMILES string of the molecule is C/C=C\c1ccc(-c2cc(OCc3cccnc3)cc3nccnc23)cc1C. The summed E-state index contributed by atoms with van der Waals surface area (Å²) in [6.07, 6.45) is 11.2. The molecule has 0 saturated heterocycles. The third-order valence-corrected chi connectivity index (χ3v) is 4.60. The Morgan fingerprint density at radius 3 is 2.68 bits per heavy atom. The molecule has 4 aromatic rings. The molecule has 0 unspecified atom stereocenters. The average Bonchev–Trinajstić information content (AvgIpc) is 2.74. The molecule has 0 aliphatic rings. The maximum Gasteiger partial charge on any atom is 0.122 e. The Kier molecular flexibility index (Phi) is 5.11. The Morgan fingerprint density at radius 2 is 1.89 bits per heavy atom. The topological polar surface area (TPSA) is 47.9 Å². The van der Waals surface area contributed by atoms with E-state index >= 15 is 0 Å². The third-order valence-electron chi connectivity index (χ3n) is 4.60. The summed E-state index contributed by atoms with van der Waals surface area (Å²) in [4.78, 5) is 13.2. The van der Waals surface area contributed by atoms with Gasteiger partial charge in [0, 0.05) is 42.0 Å². The summed E-state index contributed by atoms with van der Waals surface area (Å²) in [5.74, 6) is 0.766. The number of aromatic nitrogens is 3. The predicted octanol–water partition coefficient (Wildman–Crippen LogP) is 5.61. The monoisotopic (exact) mass is 367 g/mol. The zero-order valence-corrected chi connectivity index (χ0v) is 16.0. The largest absolute Gasteiger partial charge is 0.489 e. The Hall–Kier alpha value is -3.53. The second kappa shape index (κ2) is 8.01. The van der Waals surface area contributed by atoms with Gasteiger partial charge in [0.2, 0.25) is 0 Å². The van der Waals surface area contributed by atoms with E-state index in [0.717, 1.165) is 33.5 Å². The van der Waals surface area contributed by atoms with E-state index in [4.69, 9.17) is 4.74 Å². The normalized spacial score (nSPS) is 11.2. The molecule has 0 bridgehead atoms. The summed E-state index contributed by atoms with van der Waals surface area (Å²) in [5.41, 5.74) is 7.26. The number of pyridine rings is 1. The first-order valence-corrected chi connectivity index (χ1v) is 9.25. The highest BCUT2D eigenvalue weighted by Gasteiger charge is 2.11. The zero-order chi connectivity index (χ0) is 19.3. The Morgan fingerprint density at radius 1 is 1.00 bits per heavy atom. The van der Waals surface area contributed by atoms with Gasteiger partial charge in [-0.25, -0.2) is 0 Å². The maximum atomic E-state index is 6.04. The summed E-state index contributed by atoms with van der Waals surface area (Å²) in [6.45, 7) is 4.60. The molecule has 0 aliphatic carbocycles. The molecule has 2 aromatic carbocycles. The number of ether oxygens (including phenoxy) is 1. The smallest absolute Gasteiger partial charge is 0.122 e. The molecule has 0 radical (unpaired) electrons. The van der Waals surface area contributed by atoms with Gasteiger partial charge in [0.15, 0.2) is 0 Å². The summed E-state index contributed by atoms with van der Waals surface area (Å²) in [6, 6.07) is 14.3. The number of benzene rings is 2. The van der Waals surface area contributed by atoms with E-state index in [1.807, 2.05) is 37.4 Å². The van der Waals surface area contributed by atoms with Crippen LogP contribution in [0.15, 0.2) is 73.3 Å². The van der Waals surface area contributed by atoms with Gasteiger partial charge in [-0.2, -0.15) is 0 Å². The molecular weight excluding hydrogens is 346 g/mol. The van der Waals surface area contributed by atoms with Gasteiger partial charge >= 0.3 is 0 Å². The number of hydrogen-bond donors (Lipinski definition) is 0. The van der Waals surface area contributed by atoms with Crippen molar-refractivity contribution in [1.82, 2.24) is 15.0 Å². The summed E-state index contributed by atoms with van der Waals surface area (Å²) >= 11 is 0. The van der Waals surface area contributed by atoms with E-state index in [9.17, 15) is 0 Å². The highest BCUT2D eigenvalue weighted by atomic mass is 16.5. The maximum absolute atomic E-state index is 6.04. The Bertz CT molecular complexity index is 1140. The lowest BCUT2D eigenvalue weighted by molar-refractivity contribution is 0.306. The van der Waals surface area contributed by atoms with Crippen LogP contribution in [-0.2, 0) is 6.61 Å². The van der Waals surface area contributed by atoms with Crippen LogP contribution in [0.5, 0.6) is 5.75 Å². The van der Waals surface area contributed by atoms with Crippen LogP contribution in [0, 0.1) is 6.92 Å². The van der Waals surface area contributed by atoms with E-state index in [1.165, 1.54) is 11.1 Å². The van der Waals surface area contributed by atoms with Crippen LogP contribution in [0.25, 0.3) is 28.2 Å². The fraction of sp³-hybridized carbons (Fsp3) is 0.125. The van der Waals surface area contributed by atoms with Crippen LogP contribution in [0.3, 0.4) is 0 Å². The van der Waals surface area contributed by atoms with Crippen LogP contribution in [0.1, 0.15) is 23.6 Å². The summed E-state index contributed by atoms with van der Waals surface area (Å²) in [5, 5.41) is 0. The van der Waals surface area contributed by atoms with Crippen molar-refractivity contribution in [3.63, 3.8) is 0 Å². The highest BCUT2D eigenvalue weighted by Crippen LogP contribution is 2.32. The van der Waals surface area contributed by atoms with E-state index in [1.54, 1.807) is 18.6 Å². The van der Waals surface area contributed by atoms with E-state index < -0.39 is 0 Å². The predicted molar refractivity (Wildman–Crippen MR) is 113 cm³/mol.